The number of hydrogen-bond acceptors (Lipinski definition) is 2. The molecule has 0 aliphatic heterocycles. The van der Waals surface area contributed by atoms with Gasteiger partial charge >= 0.3 is 0 Å². The van der Waals surface area contributed by atoms with Gasteiger partial charge in [0.15, 0.2) is 5.76 Å². The lowest BCUT2D eigenvalue weighted by atomic mass is 10.2. The molecular weight excluding hydrogens is 270 g/mol. The van der Waals surface area contributed by atoms with Crippen LogP contribution in [-0.4, -0.2) is 5.91 Å². The average Bonchev–Trinajstić information content (AvgIpc) is 2.81. The van der Waals surface area contributed by atoms with Crippen LogP contribution in [0.3, 0.4) is 0 Å². The Bertz CT molecular complexity index is 462. The van der Waals surface area contributed by atoms with Gasteiger partial charge in [0.25, 0.3) is 5.91 Å². The molecule has 0 atom stereocenters. The molecule has 1 aromatic heterocycles. The van der Waals surface area contributed by atoms with Gasteiger partial charge in [-0.25, -0.2) is 0 Å². The molecule has 4 heteroatoms. The van der Waals surface area contributed by atoms with Crippen molar-refractivity contribution in [3.63, 3.8) is 0 Å². The molecule has 2 rings (SSSR count). The summed E-state index contributed by atoms with van der Waals surface area (Å²) < 4.78 is 6.01. The van der Waals surface area contributed by atoms with Gasteiger partial charge in [0, 0.05) is 11.0 Å². The van der Waals surface area contributed by atoms with E-state index in [9.17, 15) is 4.79 Å². The van der Waals surface area contributed by atoms with E-state index in [0.717, 1.165) is 10.0 Å². The largest absolute Gasteiger partial charge is 0.459 e. The first kappa shape index (κ1) is 11.0. The number of amides is 1. The second kappa shape index (κ2) is 4.99. The number of carbonyl (C=O) groups excluding carboxylic acids is 1. The zero-order chi connectivity index (χ0) is 11.4. The number of rotatable bonds is 3. The van der Waals surface area contributed by atoms with Gasteiger partial charge in [-0.05, 0) is 29.8 Å². The SMILES string of the molecule is O=C(NCc1ccc(Br)cc1)c1ccco1. The third-order valence-electron chi connectivity index (χ3n) is 2.11. The summed E-state index contributed by atoms with van der Waals surface area (Å²) in [5, 5.41) is 2.77. The number of nitrogens with one attached hydrogen (secondary N) is 1. The molecule has 0 aliphatic rings. The van der Waals surface area contributed by atoms with Crippen molar-refractivity contribution in [2.24, 2.45) is 0 Å². The van der Waals surface area contributed by atoms with Crippen molar-refractivity contribution in [1.82, 2.24) is 5.32 Å². The lowest BCUT2D eigenvalue weighted by molar-refractivity contribution is 0.0923. The summed E-state index contributed by atoms with van der Waals surface area (Å²) in [6.45, 7) is 0.493. The Morgan fingerprint density at radius 1 is 1.25 bits per heavy atom. The van der Waals surface area contributed by atoms with Crippen LogP contribution in [0, 0.1) is 0 Å². The average molecular weight is 280 g/mol. The molecule has 0 radical (unpaired) electrons. The van der Waals surface area contributed by atoms with Crippen molar-refractivity contribution >= 4 is 21.8 Å². The van der Waals surface area contributed by atoms with Crippen LogP contribution in [0.5, 0.6) is 0 Å². The third-order valence-corrected chi connectivity index (χ3v) is 2.64. The second-order valence-corrected chi connectivity index (χ2v) is 4.20. The van der Waals surface area contributed by atoms with Crippen LogP contribution in [0.1, 0.15) is 16.1 Å². The Morgan fingerprint density at radius 2 is 2.00 bits per heavy atom. The van der Waals surface area contributed by atoms with Crippen molar-refractivity contribution in [2.75, 3.05) is 0 Å². The van der Waals surface area contributed by atoms with E-state index in [2.05, 4.69) is 21.2 Å². The highest BCUT2D eigenvalue weighted by atomic mass is 79.9. The van der Waals surface area contributed by atoms with Gasteiger partial charge < -0.3 is 9.73 Å². The lowest BCUT2D eigenvalue weighted by Gasteiger charge is -2.03. The number of halogens is 1. The van der Waals surface area contributed by atoms with Crippen LogP contribution >= 0.6 is 15.9 Å². The second-order valence-electron chi connectivity index (χ2n) is 3.29. The minimum atomic E-state index is -0.201. The third kappa shape index (κ3) is 2.73. The number of carbonyl (C=O) groups is 1. The van der Waals surface area contributed by atoms with Crippen molar-refractivity contribution in [2.45, 2.75) is 6.54 Å². The van der Waals surface area contributed by atoms with Crippen LogP contribution in [0.15, 0.2) is 51.6 Å². The quantitative estimate of drug-likeness (QED) is 0.939. The van der Waals surface area contributed by atoms with Crippen molar-refractivity contribution in [3.05, 3.63) is 58.5 Å². The fourth-order valence-electron chi connectivity index (χ4n) is 1.28. The van der Waals surface area contributed by atoms with E-state index in [0.29, 0.717) is 12.3 Å². The predicted octanol–water partition coefficient (Wildman–Crippen LogP) is 2.97. The zero-order valence-corrected chi connectivity index (χ0v) is 10.0. The molecule has 0 bridgehead atoms. The molecule has 2 aromatic rings. The van der Waals surface area contributed by atoms with E-state index < -0.39 is 0 Å². The maximum atomic E-state index is 11.5. The molecule has 1 amide bonds. The number of benzene rings is 1. The maximum absolute atomic E-state index is 11.5. The van der Waals surface area contributed by atoms with Gasteiger partial charge in [0.05, 0.1) is 6.26 Å². The smallest absolute Gasteiger partial charge is 0.287 e. The summed E-state index contributed by atoms with van der Waals surface area (Å²) >= 11 is 3.35. The molecule has 3 nitrogen and oxygen atoms in total. The lowest BCUT2D eigenvalue weighted by Crippen LogP contribution is -2.22. The summed E-state index contributed by atoms with van der Waals surface area (Å²) in [6.07, 6.45) is 1.48. The maximum Gasteiger partial charge on any atom is 0.287 e. The Kier molecular flexibility index (Phi) is 3.41. The minimum Gasteiger partial charge on any atom is -0.459 e. The van der Waals surface area contributed by atoms with Gasteiger partial charge in [-0.3, -0.25) is 4.79 Å². The molecule has 0 aliphatic carbocycles. The normalized spacial score (nSPS) is 10.1. The molecule has 16 heavy (non-hydrogen) atoms. The molecule has 1 aromatic carbocycles. The van der Waals surface area contributed by atoms with Crippen LogP contribution in [0.4, 0.5) is 0 Å². The molecular formula is C12H10BrNO2. The summed E-state index contributed by atoms with van der Waals surface area (Å²) in [6, 6.07) is 11.1. The van der Waals surface area contributed by atoms with E-state index in [1.54, 1.807) is 12.1 Å². The molecule has 0 saturated heterocycles. The highest BCUT2D eigenvalue weighted by Crippen LogP contribution is 2.10. The molecule has 0 fully saturated rings. The molecule has 0 saturated carbocycles. The Labute approximate surface area is 102 Å². The number of hydrogen-bond donors (Lipinski definition) is 1. The Balaban J connectivity index is 1.93. The van der Waals surface area contributed by atoms with Gasteiger partial charge in [0.2, 0.25) is 0 Å². The van der Waals surface area contributed by atoms with E-state index in [1.807, 2.05) is 24.3 Å². The topological polar surface area (TPSA) is 42.2 Å². The van der Waals surface area contributed by atoms with Crippen molar-refractivity contribution in [1.29, 1.82) is 0 Å². The zero-order valence-electron chi connectivity index (χ0n) is 8.44. The van der Waals surface area contributed by atoms with E-state index >= 15 is 0 Å². The van der Waals surface area contributed by atoms with Gasteiger partial charge in [-0.2, -0.15) is 0 Å². The number of furan rings is 1. The van der Waals surface area contributed by atoms with E-state index in [4.69, 9.17) is 4.42 Å². The van der Waals surface area contributed by atoms with Gasteiger partial charge in [0.1, 0.15) is 0 Å². The summed E-state index contributed by atoms with van der Waals surface area (Å²) in [5.41, 5.74) is 1.04. The predicted molar refractivity (Wildman–Crippen MR) is 64.0 cm³/mol. The first-order valence-corrected chi connectivity index (χ1v) is 5.61. The highest BCUT2D eigenvalue weighted by Gasteiger charge is 2.06. The molecule has 1 N–H and O–H groups in total. The summed E-state index contributed by atoms with van der Waals surface area (Å²) in [5.74, 6) is 0.130. The van der Waals surface area contributed by atoms with Crippen LogP contribution in [0.25, 0.3) is 0 Å². The van der Waals surface area contributed by atoms with E-state index in [1.165, 1.54) is 6.26 Å². The van der Waals surface area contributed by atoms with Crippen LogP contribution < -0.4 is 5.32 Å². The van der Waals surface area contributed by atoms with Crippen molar-refractivity contribution < 1.29 is 9.21 Å². The molecule has 1 heterocycles. The van der Waals surface area contributed by atoms with Crippen molar-refractivity contribution in [3.8, 4) is 0 Å². The minimum absolute atomic E-state index is 0.201. The van der Waals surface area contributed by atoms with Crippen LogP contribution in [-0.2, 0) is 6.54 Å². The fourth-order valence-corrected chi connectivity index (χ4v) is 1.54. The Morgan fingerprint density at radius 3 is 2.62 bits per heavy atom. The standard InChI is InChI=1S/C12H10BrNO2/c13-10-5-3-9(4-6-10)8-14-12(15)11-2-1-7-16-11/h1-7H,8H2,(H,14,15). The Hall–Kier alpha value is -1.55. The summed E-state index contributed by atoms with van der Waals surface area (Å²) in [7, 11) is 0. The van der Waals surface area contributed by atoms with Gasteiger partial charge in [-0.1, -0.05) is 28.1 Å². The fraction of sp³-hybridized carbons (Fsp3) is 0.0833. The van der Waals surface area contributed by atoms with E-state index in [-0.39, 0.29) is 5.91 Å². The first-order chi connectivity index (χ1) is 7.75. The molecule has 0 spiro atoms. The summed E-state index contributed by atoms with van der Waals surface area (Å²) in [4.78, 5) is 11.5. The highest BCUT2D eigenvalue weighted by molar-refractivity contribution is 9.10. The van der Waals surface area contributed by atoms with Crippen LogP contribution in [0.2, 0.25) is 0 Å². The van der Waals surface area contributed by atoms with Gasteiger partial charge in [-0.15, -0.1) is 0 Å². The molecule has 0 unspecified atom stereocenters. The molecule has 82 valence electrons. The monoisotopic (exact) mass is 279 g/mol. The first-order valence-electron chi connectivity index (χ1n) is 4.82.